The van der Waals surface area contributed by atoms with Gasteiger partial charge in [0.05, 0.1) is 17.4 Å². The maximum Gasteiger partial charge on any atom is 0.326 e. The van der Waals surface area contributed by atoms with Gasteiger partial charge >= 0.3 is 6.03 Å². The Morgan fingerprint density at radius 1 is 1.03 bits per heavy atom. The van der Waals surface area contributed by atoms with Gasteiger partial charge in [-0.05, 0) is 35.9 Å². The van der Waals surface area contributed by atoms with Crippen molar-refractivity contribution >= 4 is 23.4 Å². The number of halogens is 2. The van der Waals surface area contributed by atoms with Gasteiger partial charge < -0.3 is 10.2 Å². The summed E-state index contributed by atoms with van der Waals surface area (Å²) in [5, 5.41) is 2.47. The summed E-state index contributed by atoms with van der Waals surface area (Å²) < 4.78 is 27.0. The minimum absolute atomic E-state index is 0.148. The topological polar surface area (TPSA) is 65.5 Å². The highest BCUT2D eigenvalue weighted by molar-refractivity contribution is 6.04. The van der Waals surface area contributed by atoms with Crippen molar-refractivity contribution in [1.29, 1.82) is 0 Å². The molecule has 6 nitrogen and oxygen atoms in total. The molecule has 0 radical (unpaired) electrons. The van der Waals surface area contributed by atoms with Crippen molar-refractivity contribution in [2.24, 2.45) is 0 Å². The lowest BCUT2D eigenvalue weighted by molar-refractivity contribution is 0.102. The second kappa shape index (κ2) is 8.28. The van der Waals surface area contributed by atoms with Crippen LogP contribution in [0, 0.1) is 11.6 Å². The molecule has 2 aromatic carbocycles. The van der Waals surface area contributed by atoms with Gasteiger partial charge in [0.1, 0.15) is 17.5 Å². The maximum atomic E-state index is 13.7. The molecule has 8 heteroatoms. The van der Waals surface area contributed by atoms with E-state index in [0.717, 1.165) is 23.8 Å². The Morgan fingerprint density at radius 2 is 1.83 bits per heavy atom. The smallest absolute Gasteiger partial charge is 0.320 e. The first-order valence-corrected chi connectivity index (χ1v) is 9.34. The zero-order valence-electron chi connectivity index (χ0n) is 15.9. The summed E-state index contributed by atoms with van der Waals surface area (Å²) >= 11 is 0. The summed E-state index contributed by atoms with van der Waals surface area (Å²) in [5.41, 5.74) is 0.953. The first-order chi connectivity index (χ1) is 14.5. The number of nitrogens with zero attached hydrogens (tertiary/aromatic N) is 3. The molecule has 0 aliphatic carbocycles. The molecule has 1 aliphatic heterocycles. The quantitative estimate of drug-likeness (QED) is 0.693. The van der Waals surface area contributed by atoms with Gasteiger partial charge in [0.2, 0.25) is 0 Å². The molecule has 1 aromatic heterocycles. The van der Waals surface area contributed by atoms with Crippen LogP contribution in [0.25, 0.3) is 0 Å². The van der Waals surface area contributed by atoms with Gasteiger partial charge in [-0.1, -0.05) is 30.3 Å². The van der Waals surface area contributed by atoms with Crippen molar-refractivity contribution < 1.29 is 18.4 Å². The average Bonchev–Trinajstić information content (AvgIpc) is 3.11. The van der Waals surface area contributed by atoms with Gasteiger partial charge in [-0.25, -0.2) is 18.6 Å². The lowest BCUT2D eigenvalue weighted by Gasteiger charge is -2.18. The molecule has 1 N–H and O–H groups in total. The standard InChI is InChI=1S/C22H18F2N4O2/c23-16-6-8-19(24)18(12-16)21(29)26-17-7-9-20(25-13-17)28-11-10-27(22(28)30)14-15-4-2-1-3-5-15/h1-9,12-13H,10-11,14H2,(H,26,29). The zero-order chi connectivity index (χ0) is 21.1. The van der Waals surface area contributed by atoms with E-state index in [1.807, 2.05) is 30.3 Å². The van der Waals surface area contributed by atoms with E-state index < -0.39 is 23.1 Å². The molecule has 3 aromatic rings. The number of hydrogen-bond acceptors (Lipinski definition) is 3. The number of benzene rings is 2. The Kier molecular flexibility index (Phi) is 5.38. The molecule has 0 unspecified atom stereocenters. The molecule has 30 heavy (non-hydrogen) atoms. The van der Waals surface area contributed by atoms with Crippen LogP contribution in [0.3, 0.4) is 0 Å². The van der Waals surface area contributed by atoms with Crippen molar-refractivity contribution in [3.8, 4) is 0 Å². The molecule has 1 fully saturated rings. The van der Waals surface area contributed by atoms with Gasteiger partial charge in [0, 0.05) is 19.6 Å². The molecular formula is C22H18F2N4O2. The fourth-order valence-electron chi connectivity index (χ4n) is 3.24. The van der Waals surface area contributed by atoms with E-state index in [4.69, 9.17) is 0 Å². The highest BCUT2D eigenvalue weighted by Gasteiger charge is 2.30. The highest BCUT2D eigenvalue weighted by Crippen LogP contribution is 2.21. The Morgan fingerprint density at radius 3 is 2.57 bits per heavy atom. The molecule has 4 rings (SSSR count). The number of rotatable bonds is 5. The van der Waals surface area contributed by atoms with E-state index in [1.54, 1.807) is 21.9 Å². The summed E-state index contributed by atoms with van der Waals surface area (Å²) in [6.07, 6.45) is 1.37. The number of nitrogens with one attached hydrogen (secondary N) is 1. The number of urea groups is 1. The molecule has 2 heterocycles. The van der Waals surface area contributed by atoms with Crippen LogP contribution in [-0.4, -0.2) is 34.9 Å². The van der Waals surface area contributed by atoms with Crippen LogP contribution in [-0.2, 0) is 6.54 Å². The van der Waals surface area contributed by atoms with Crippen LogP contribution in [0.5, 0.6) is 0 Å². The Labute approximate surface area is 171 Å². The van der Waals surface area contributed by atoms with E-state index in [0.29, 0.717) is 31.1 Å². The second-order valence-electron chi connectivity index (χ2n) is 6.82. The number of hydrogen-bond donors (Lipinski definition) is 1. The summed E-state index contributed by atoms with van der Waals surface area (Å²) in [6, 6.07) is 15.4. The maximum absolute atomic E-state index is 13.7. The summed E-state index contributed by atoms with van der Waals surface area (Å²) in [5.74, 6) is -1.86. The van der Waals surface area contributed by atoms with Gasteiger partial charge in [-0.2, -0.15) is 0 Å². The molecule has 0 bridgehead atoms. The van der Waals surface area contributed by atoms with Crippen molar-refractivity contribution in [3.05, 3.63) is 89.6 Å². The molecule has 152 valence electrons. The van der Waals surface area contributed by atoms with E-state index in [2.05, 4.69) is 10.3 Å². The van der Waals surface area contributed by atoms with Gasteiger partial charge in [0.25, 0.3) is 5.91 Å². The lowest BCUT2D eigenvalue weighted by atomic mass is 10.2. The van der Waals surface area contributed by atoms with E-state index in [1.165, 1.54) is 6.20 Å². The van der Waals surface area contributed by atoms with E-state index >= 15 is 0 Å². The van der Waals surface area contributed by atoms with Crippen LogP contribution in [0.2, 0.25) is 0 Å². The zero-order valence-corrected chi connectivity index (χ0v) is 15.9. The molecule has 0 spiro atoms. The first-order valence-electron chi connectivity index (χ1n) is 9.34. The number of amides is 3. The van der Waals surface area contributed by atoms with Crippen LogP contribution < -0.4 is 10.2 Å². The van der Waals surface area contributed by atoms with Gasteiger partial charge in [-0.3, -0.25) is 9.69 Å². The average molecular weight is 408 g/mol. The number of pyridine rings is 1. The summed E-state index contributed by atoms with van der Waals surface area (Å²) in [4.78, 5) is 32.4. The highest BCUT2D eigenvalue weighted by atomic mass is 19.1. The number of carbonyl (C=O) groups is 2. The second-order valence-corrected chi connectivity index (χ2v) is 6.82. The van der Waals surface area contributed by atoms with Crippen molar-refractivity contribution in [2.75, 3.05) is 23.3 Å². The molecular weight excluding hydrogens is 390 g/mol. The van der Waals surface area contributed by atoms with E-state index in [9.17, 15) is 18.4 Å². The number of aromatic nitrogens is 1. The fourth-order valence-corrected chi connectivity index (χ4v) is 3.24. The van der Waals surface area contributed by atoms with Crippen LogP contribution in [0.15, 0.2) is 66.9 Å². The Bertz CT molecular complexity index is 1070. The summed E-state index contributed by atoms with van der Waals surface area (Å²) in [6.45, 7) is 1.59. The molecule has 0 saturated carbocycles. The first kappa shape index (κ1) is 19.5. The monoisotopic (exact) mass is 408 g/mol. The third-order valence-corrected chi connectivity index (χ3v) is 4.77. The minimum Gasteiger partial charge on any atom is -0.320 e. The number of carbonyl (C=O) groups excluding carboxylic acids is 2. The third-order valence-electron chi connectivity index (χ3n) is 4.77. The number of anilines is 2. The fraction of sp³-hybridized carbons (Fsp3) is 0.136. The van der Waals surface area contributed by atoms with Crippen molar-refractivity contribution in [1.82, 2.24) is 9.88 Å². The normalized spacial score (nSPS) is 13.6. The predicted molar refractivity (Wildman–Crippen MR) is 108 cm³/mol. The molecule has 1 aliphatic rings. The van der Waals surface area contributed by atoms with E-state index in [-0.39, 0.29) is 6.03 Å². The largest absolute Gasteiger partial charge is 0.326 e. The lowest BCUT2D eigenvalue weighted by Crippen LogP contribution is -2.31. The van der Waals surface area contributed by atoms with Crippen LogP contribution in [0.1, 0.15) is 15.9 Å². The molecule has 0 atom stereocenters. The summed E-state index contributed by atoms with van der Waals surface area (Å²) in [7, 11) is 0. The molecule has 1 saturated heterocycles. The van der Waals surface area contributed by atoms with Crippen molar-refractivity contribution in [3.63, 3.8) is 0 Å². The SMILES string of the molecule is O=C(Nc1ccc(N2CCN(Cc3ccccc3)C2=O)nc1)c1cc(F)ccc1F. The van der Waals surface area contributed by atoms with Gasteiger partial charge in [-0.15, -0.1) is 0 Å². The van der Waals surface area contributed by atoms with Crippen molar-refractivity contribution in [2.45, 2.75) is 6.54 Å². The third kappa shape index (κ3) is 4.12. The Hall–Kier alpha value is -3.81. The van der Waals surface area contributed by atoms with Crippen LogP contribution in [0.4, 0.5) is 25.1 Å². The predicted octanol–water partition coefficient (Wildman–Crippen LogP) is 4.05. The Balaban J connectivity index is 1.42. The van der Waals surface area contributed by atoms with Crippen LogP contribution >= 0.6 is 0 Å². The van der Waals surface area contributed by atoms with Gasteiger partial charge in [0.15, 0.2) is 0 Å². The molecule has 3 amide bonds. The minimum atomic E-state index is -0.820.